The van der Waals surface area contributed by atoms with Crippen LogP contribution in [-0.2, 0) is 10.2 Å². The van der Waals surface area contributed by atoms with Gasteiger partial charge in [0.2, 0.25) is 0 Å². The Morgan fingerprint density at radius 1 is 1.12 bits per heavy atom. The van der Waals surface area contributed by atoms with Crippen molar-refractivity contribution in [3.05, 3.63) is 74.6 Å². The Kier molecular flexibility index (Phi) is 6.19. The molecule has 1 aromatic rings. The number of fused-ring (bicyclic) bond motifs is 2. The molecule has 0 atom stereocenters. The summed E-state index contributed by atoms with van der Waals surface area (Å²) in [6.07, 6.45) is 11.6. The fourth-order valence-electron chi connectivity index (χ4n) is 6.04. The molecule has 1 amide bonds. The highest BCUT2D eigenvalue weighted by Gasteiger charge is 2.42. The molecule has 2 aliphatic heterocycles. The number of allylic oxidation sites excluding steroid dienone is 4. The molecule has 1 aromatic carbocycles. The lowest BCUT2D eigenvalue weighted by molar-refractivity contribution is -0.117. The molecular weight excluding hydrogens is 455 g/mol. The third-order valence-corrected chi connectivity index (χ3v) is 8.31. The van der Waals surface area contributed by atoms with Gasteiger partial charge in [0.1, 0.15) is 5.82 Å². The van der Waals surface area contributed by atoms with E-state index in [0.29, 0.717) is 16.5 Å². The minimum Gasteiger partial charge on any atom is -0.396 e. The molecule has 6 heteroatoms. The molecule has 174 valence electrons. The Hall–Kier alpha value is -2.01. The molecule has 0 radical (unpaired) electrons. The Bertz CT molecular complexity index is 1110. The summed E-state index contributed by atoms with van der Waals surface area (Å²) in [6, 6.07) is 3.83. The van der Waals surface area contributed by atoms with Crippen LogP contribution in [-0.4, -0.2) is 35.6 Å². The number of nitrogens with one attached hydrogen (secondary N) is 1. The molecule has 1 saturated heterocycles. The summed E-state index contributed by atoms with van der Waals surface area (Å²) < 4.78 is 0. The van der Waals surface area contributed by atoms with Gasteiger partial charge in [0.15, 0.2) is 0 Å². The van der Waals surface area contributed by atoms with Crippen molar-refractivity contribution >= 4 is 34.7 Å². The Morgan fingerprint density at radius 3 is 2.58 bits per heavy atom. The first-order valence-corrected chi connectivity index (χ1v) is 12.7. The van der Waals surface area contributed by atoms with Gasteiger partial charge in [-0.05, 0) is 97.4 Å². The van der Waals surface area contributed by atoms with E-state index in [1.807, 2.05) is 12.1 Å². The van der Waals surface area contributed by atoms with Crippen LogP contribution in [0.15, 0.2) is 53.4 Å². The topological polar surface area (TPSA) is 52.6 Å². The van der Waals surface area contributed by atoms with Gasteiger partial charge in [0.25, 0.3) is 5.91 Å². The number of benzene rings is 1. The molecule has 2 aliphatic carbocycles. The van der Waals surface area contributed by atoms with Gasteiger partial charge in [-0.3, -0.25) is 4.79 Å². The number of piperidine rings is 1. The molecule has 0 saturated carbocycles. The maximum Gasteiger partial charge on any atom is 0.252 e. The number of nitrogens with zero attached hydrogens (tertiary/aromatic N) is 1. The van der Waals surface area contributed by atoms with Gasteiger partial charge in [0, 0.05) is 40.7 Å². The largest absolute Gasteiger partial charge is 0.396 e. The Labute approximate surface area is 205 Å². The van der Waals surface area contributed by atoms with E-state index in [1.165, 1.54) is 5.56 Å². The molecule has 2 N–H and O–H groups in total. The molecule has 1 spiro atoms. The summed E-state index contributed by atoms with van der Waals surface area (Å²) in [5, 5.41) is 14.1. The molecule has 4 nitrogen and oxygen atoms in total. The normalized spacial score (nSPS) is 22.3. The minimum atomic E-state index is -0.0593. The molecule has 5 rings (SSSR count). The summed E-state index contributed by atoms with van der Waals surface area (Å²) in [6.45, 7) is 6.04. The summed E-state index contributed by atoms with van der Waals surface area (Å²) >= 11 is 13.1. The molecule has 0 unspecified atom stereocenters. The monoisotopic (exact) mass is 484 g/mol. The van der Waals surface area contributed by atoms with E-state index >= 15 is 0 Å². The van der Waals surface area contributed by atoms with E-state index in [-0.39, 0.29) is 17.9 Å². The van der Waals surface area contributed by atoms with Crippen molar-refractivity contribution < 1.29 is 9.90 Å². The Morgan fingerprint density at radius 2 is 1.85 bits per heavy atom. The average molecular weight is 485 g/mol. The number of hydrogen-bond donors (Lipinski definition) is 2. The lowest BCUT2D eigenvalue weighted by Crippen LogP contribution is -2.46. The fourth-order valence-corrected chi connectivity index (χ4v) is 6.74. The van der Waals surface area contributed by atoms with Crippen LogP contribution >= 0.6 is 23.2 Å². The first kappa shape index (κ1) is 22.8. The number of hydrogen-bond acceptors (Lipinski definition) is 3. The lowest BCUT2D eigenvalue weighted by atomic mass is 9.65. The van der Waals surface area contributed by atoms with Crippen molar-refractivity contribution in [3.8, 4) is 0 Å². The van der Waals surface area contributed by atoms with E-state index in [0.717, 1.165) is 91.7 Å². The van der Waals surface area contributed by atoms with Crippen LogP contribution in [0.5, 0.6) is 0 Å². The number of likely N-dealkylation sites (tertiary alicyclic amines) is 1. The lowest BCUT2D eigenvalue weighted by Gasteiger charge is -2.46. The van der Waals surface area contributed by atoms with Crippen molar-refractivity contribution in [1.82, 2.24) is 10.2 Å². The van der Waals surface area contributed by atoms with E-state index in [9.17, 15) is 9.90 Å². The van der Waals surface area contributed by atoms with Crippen molar-refractivity contribution in [2.45, 2.75) is 56.8 Å². The van der Waals surface area contributed by atoms with Crippen LogP contribution in [0.25, 0.3) is 5.57 Å². The number of amides is 1. The second-order valence-electron chi connectivity index (χ2n) is 9.66. The minimum absolute atomic E-state index is 0.0344. The predicted octanol–water partition coefficient (Wildman–Crippen LogP) is 5.89. The van der Waals surface area contributed by atoms with Gasteiger partial charge in [-0.1, -0.05) is 35.9 Å². The quantitative estimate of drug-likeness (QED) is 0.561. The van der Waals surface area contributed by atoms with Crippen LogP contribution in [0.1, 0.15) is 62.5 Å². The molecule has 2 heterocycles. The molecule has 0 aromatic heterocycles. The fraction of sp³-hybridized carbons (Fsp3) is 0.444. The third-order valence-electron chi connectivity index (χ3n) is 7.79. The summed E-state index contributed by atoms with van der Waals surface area (Å²) in [5.74, 6) is 0.899. The number of aliphatic hydroxyl groups is 1. The smallest absolute Gasteiger partial charge is 0.252 e. The van der Waals surface area contributed by atoms with Gasteiger partial charge < -0.3 is 15.3 Å². The number of halogens is 2. The zero-order valence-electron chi connectivity index (χ0n) is 18.9. The second-order valence-corrected chi connectivity index (χ2v) is 10.5. The second kappa shape index (κ2) is 8.98. The molecule has 0 bridgehead atoms. The summed E-state index contributed by atoms with van der Waals surface area (Å²) in [5.41, 5.74) is 6.32. The van der Waals surface area contributed by atoms with Crippen molar-refractivity contribution in [1.29, 1.82) is 0 Å². The van der Waals surface area contributed by atoms with Crippen LogP contribution in [0.2, 0.25) is 10.0 Å². The SMILES string of the molecule is C=C1C=C(N2CCC3(CC=C(CCO)c4cc(Cl)cc(Cl)c43)CC2)NC(=O)C2=C1CCCC2. The average Bonchev–Trinajstić information content (AvgIpc) is 2.92. The van der Waals surface area contributed by atoms with Crippen molar-refractivity contribution in [2.75, 3.05) is 19.7 Å². The van der Waals surface area contributed by atoms with E-state index < -0.39 is 0 Å². The number of rotatable bonds is 3. The van der Waals surface area contributed by atoms with Crippen LogP contribution in [0.3, 0.4) is 0 Å². The molecule has 33 heavy (non-hydrogen) atoms. The van der Waals surface area contributed by atoms with Crippen LogP contribution < -0.4 is 5.32 Å². The van der Waals surface area contributed by atoms with E-state index in [2.05, 4.69) is 28.9 Å². The number of carbonyl (C=O) groups is 1. The Balaban J connectivity index is 1.40. The molecule has 1 fully saturated rings. The van der Waals surface area contributed by atoms with Gasteiger partial charge in [-0.2, -0.15) is 0 Å². The van der Waals surface area contributed by atoms with Crippen LogP contribution in [0, 0.1) is 0 Å². The number of carbonyl (C=O) groups excluding carboxylic acids is 1. The van der Waals surface area contributed by atoms with Gasteiger partial charge in [-0.25, -0.2) is 0 Å². The highest BCUT2D eigenvalue weighted by molar-refractivity contribution is 6.35. The molecular formula is C27H30Cl2N2O2. The summed E-state index contributed by atoms with van der Waals surface area (Å²) in [4.78, 5) is 15.2. The zero-order valence-corrected chi connectivity index (χ0v) is 20.4. The maximum atomic E-state index is 12.9. The van der Waals surface area contributed by atoms with Gasteiger partial charge >= 0.3 is 0 Å². The highest BCUT2D eigenvalue weighted by atomic mass is 35.5. The standard InChI is InChI=1S/C27H30Cl2N2O2/c1-17-14-24(30-26(33)21-5-3-2-4-20(17)21)31-11-9-27(10-12-31)8-6-18(7-13-32)22-15-19(28)16-23(29)25(22)27/h6,14-16,32H,1-5,7-13H2,(H,30,33). The maximum absolute atomic E-state index is 12.9. The first-order valence-electron chi connectivity index (χ1n) is 11.9. The van der Waals surface area contributed by atoms with E-state index in [4.69, 9.17) is 23.2 Å². The highest BCUT2D eigenvalue weighted by Crippen LogP contribution is 2.50. The van der Waals surface area contributed by atoms with Crippen molar-refractivity contribution in [3.63, 3.8) is 0 Å². The van der Waals surface area contributed by atoms with Gasteiger partial charge in [0.05, 0.1) is 0 Å². The number of aliphatic hydroxyl groups excluding tert-OH is 1. The molecule has 4 aliphatic rings. The van der Waals surface area contributed by atoms with Gasteiger partial charge in [-0.15, -0.1) is 0 Å². The van der Waals surface area contributed by atoms with Crippen LogP contribution in [0.4, 0.5) is 0 Å². The van der Waals surface area contributed by atoms with Crippen molar-refractivity contribution in [2.24, 2.45) is 0 Å². The predicted molar refractivity (Wildman–Crippen MR) is 134 cm³/mol. The first-order chi connectivity index (χ1) is 15.9. The van der Waals surface area contributed by atoms with E-state index in [1.54, 1.807) is 0 Å². The summed E-state index contributed by atoms with van der Waals surface area (Å²) in [7, 11) is 0. The third kappa shape index (κ3) is 4.07. The zero-order chi connectivity index (χ0) is 23.2.